The van der Waals surface area contributed by atoms with Crippen molar-refractivity contribution in [3.8, 4) is 5.75 Å². The Bertz CT molecular complexity index is 556. The minimum Gasteiger partial charge on any atom is -0.484 e. The van der Waals surface area contributed by atoms with Crippen LogP contribution >= 0.6 is 11.6 Å². The number of benzene rings is 2. The topological polar surface area (TPSA) is 21.3 Å². The normalized spacial score (nSPS) is 12.1. The van der Waals surface area contributed by atoms with Crippen LogP contribution in [0.2, 0.25) is 5.02 Å². The van der Waals surface area contributed by atoms with Gasteiger partial charge in [-0.3, -0.25) is 0 Å². The van der Waals surface area contributed by atoms with Crippen LogP contribution in [0.4, 0.5) is 0 Å². The Morgan fingerprint density at radius 1 is 1.14 bits per heavy atom. The molecule has 0 radical (unpaired) electrons. The Morgan fingerprint density at radius 2 is 1.90 bits per heavy atom. The van der Waals surface area contributed by atoms with E-state index in [2.05, 4.69) is 24.4 Å². The summed E-state index contributed by atoms with van der Waals surface area (Å²) in [6, 6.07) is 16.0. The van der Waals surface area contributed by atoms with E-state index in [1.807, 2.05) is 43.3 Å². The van der Waals surface area contributed by atoms with E-state index in [-0.39, 0.29) is 6.10 Å². The maximum atomic E-state index is 6.21. The minimum absolute atomic E-state index is 0.00220. The van der Waals surface area contributed by atoms with Crippen LogP contribution in [-0.4, -0.2) is 13.1 Å². The Labute approximate surface area is 132 Å². The summed E-state index contributed by atoms with van der Waals surface area (Å²) in [7, 11) is 0. The van der Waals surface area contributed by atoms with E-state index in [4.69, 9.17) is 16.3 Å². The first kappa shape index (κ1) is 15.9. The molecule has 0 aliphatic carbocycles. The highest BCUT2D eigenvalue weighted by molar-refractivity contribution is 6.30. The number of hydrogen-bond acceptors (Lipinski definition) is 2. The standard InChI is InChI=1S/C18H22ClNO/c1-3-11-20-13-18(15-7-5-4-6-8-15)21-17-10-9-16(19)12-14(17)2/h4-10,12,18,20H,3,11,13H2,1-2H3. The smallest absolute Gasteiger partial charge is 0.136 e. The number of rotatable bonds is 7. The van der Waals surface area contributed by atoms with Crippen molar-refractivity contribution in [2.24, 2.45) is 0 Å². The fourth-order valence-corrected chi connectivity index (χ4v) is 2.43. The second kappa shape index (κ2) is 8.06. The lowest BCUT2D eigenvalue weighted by atomic mass is 10.1. The van der Waals surface area contributed by atoms with E-state index in [9.17, 15) is 0 Å². The molecule has 0 bridgehead atoms. The zero-order valence-electron chi connectivity index (χ0n) is 12.6. The Hall–Kier alpha value is -1.51. The molecule has 0 spiro atoms. The average molecular weight is 304 g/mol. The zero-order valence-corrected chi connectivity index (χ0v) is 13.4. The average Bonchev–Trinajstić information content (AvgIpc) is 2.49. The summed E-state index contributed by atoms with van der Waals surface area (Å²) in [5.41, 5.74) is 2.23. The van der Waals surface area contributed by atoms with E-state index in [1.54, 1.807) is 0 Å². The van der Waals surface area contributed by atoms with E-state index >= 15 is 0 Å². The Morgan fingerprint density at radius 3 is 2.57 bits per heavy atom. The molecule has 0 heterocycles. The fourth-order valence-electron chi connectivity index (χ4n) is 2.20. The van der Waals surface area contributed by atoms with Crippen LogP contribution in [0.1, 0.15) is 30.6 Å². The lowest BCUT2D eigenvalue weighted by Crippen LogP contribution is -2.26. The van der Waals surface area contributed by atoms with Crippen LogP contribution in [0.25, 0.3) is 0 Å². The summed E-state index contributed by atoms with van der Waals surface area (Å²) in [4.78, 5) is 0. The number of ether oxygens (including phenoxy) is 1. The van der Waals surface area contributed by atoms with E-state index in [0.29, 0.717) is 0 Å². The quantitative estimate of drug-likeness (QED) is 0.744. The van der Waals surface area contributed by atoms with Crippen LogP contribution < -0.4 is 10.1 Å². The van der Waals surface area contributed by atoms with Gasteiger partial charge in [0, 0.05) is 11.6 Å². The predicted molar refractivity (Wildman–Crippen MR) is 89.2 cm³/mol. The van der Waals surface area contributed by atoms with Crippen LogP contribution in [0.5, 0.6) is 5.75 Å². The molecule has 2 rings (SSSR count). The van der Waals surface area contributed by atoms with Crippen molar-refractivity contribution in [3.63, 3.8) is 0 Å². The summed E-state index contributed by atoms with van der Waals surface area (Å²) in [6.07, 6.45) is 1.11. The summed E-state index contributed by atoms with van der Waals surface area (Å²) in [5.74, 6) is 0.881. The molecule has 3 heteroatoms. The summed E-state index contributed by atoms with van der Waals surface area (Å²) < 4.78 is 6.21. The molecule has 0 aliphatic rings. The third-order valence-corrected chi connectivity index (χ3v) is 3.57. The van der Waals surface area contributed by atoms with E-state index in [1.165, 1.54) is 5.56 Å². The Balaban J connectivity index is 2.15. The van der Waals surface area contributed by atoms with Crippen LogP contribution in [-0.2, 0) is 0 Å². The van der Waals surface area contributed by atoms with Gasteiger partial charge in [0.1, 0.15) is 11.9 Å². The highest BCUT2D eigenvalue weighted by atomic mass is 35.5. The molecule has 0 amide bonds. The molecule has 1 N–H and O–H groups in total. The van der Waals surface area contributed by atoms with Gasteiger partial charge < -0.3 is 10.1 Å². The molecule has 2 aromatic carbocycles. The van der Waals surface area contributed by atoms with Crippen molar-refractivity contribution in [1.82, 2.24) is 5.32 Å². The molecule has 0 aliphatic heterocycles. The molecular formula is C18H22ClNO. The van der Waals surface area contributed by atoms with Crippen molar-refractivity contribution in [3.05, 3.63) is 64.7 Å². The van der Waals surface area contributed by atoms with Gasteiger partial charge in [-0.2, -0.15) is 0 Å². The van der Waals surface area contributed by atoms with Crippen molar-refractivity contribution in [2.75, 3.05) is 13.1 Å². The van der Waals surface area contributed by atoms with E-state index < -0.39 is 0 Å². The molecule has 21 heavy (non-hydrogen) atoms. The molecule has 1 unspecified atom stereocenters. The van der Waals surface area contributed by atoms with Crippen molar-refractivity contribution >= 4 is 11.6 Å². The van der Waals surface area contributed by atoms with Gasteiger partial charge in [-0.05, 0) is 49.2 Å². The predicted octanol–water partition coefficient (Wildman–Crippen LogP) is 4.77. The molecule has 112 valence electrons. The third kappa shape index (κ3) is 4.76. The summed E-state index contributed by atoms with van der Waals surface area (Å²) in [6.45, 7) is 5.96. The maximum absolute atomic E-state index is 6.21. The minimum atomic E-state index is -0.00220. The van der Waals surface area contributed by atoms with Gasteiger partial charge >= 0.3 is 0 Å². The zero-order chi connectivity index (χ0) is 15.1. The van der Waals surface area contributed by atoms with Crippen molar-refractivity contribution in [2.45, 2.75) is 26.4 Å². The van der Waals surface area contributed by atoms with Gasteiger partial charge in [0.2, 0.25) is 0 Å². The molecule has 0 saturated carbocycles. The van der Waals surface area contributed by atoms with E-state index in [0.717, 1.165) is 35.8 Å². The first-order chi connectivity index (χ1) is 10.2. The van der Waals surface area contributed by atoms with Crippen LogP contribution in [0, 0.1) is 6.92 Å². The van der Waals surface area contributed by atoms with Gasteiger partial charge in [-0.1, -0.05) is 48.9 Å². The molecule has 2 nitrogen and oxygen atoms in total. The van der Waals surface area contributed by atoms with Gasteiger partial charge in [0.15, 0.2) is 0 Å². The largest absolute Gasteiger partial charge is 0.484 e. The van der Waals surface area contributed by atoms with Crippen LogP contribution in [0.3, 0.4) is 0 Å². The molecule has 1 atom stereocenters. The van der Waals surface area contributed by atoms with Crippen molar-refractivity contribution < 1.29 is 4.74 Å². The van der Waals surface area contributed by atoms with Gasteiger partial charge in [0.05, 0.1) is 0 Å². The molecule has 2 aromatic rings. The molecule has 0 fully saturated rings. The number of aryl methyl sites for hydroxylation is 1. The van der Waals surface area contributed by atoms with Gasteiger partial charge in [-0.25, -0.2) is 0 Å². The lowest BCUT2D eigenvalue weighted by molar-refractivity contribution is 0.200. The van der Waals surface area contributed by atoms with Crippen molar-refractivity contribution in [1.29, 1.82) is 0 Å². The molecule has 0 saturated heterocycles. The SMILES string of the molecule is CCCNCC(Oc1ccc(Cl)cc1C)c1ccccc1. The lowest BCUT2D eigenvalue weighted by Gasteiger charge is -2.21. The highest BCUT2D eigenvalue weighted by Crippen LogP contribution is 2.27. The fraction of sp³-hybridized carbons (Fsp3) is 0.333. The number of hydrogen-bond donors (Lipinski definition) is 1. The number of nitrogens with one attached hydrogen (secondary N) is 1. The summed E-state index contributed by atoms with van der Waals surface area (Å²) >= 11 is 6.00. The molecule has 0 aromatic heterocycles. The number of halogens is 1. The van der Waals surface area contributed by atoms with Crippen LogP contribution in [0.15, 0.2) is 48.5 Å². The Kier molecular flexibility index (Phi) is 6.09. The third-order valence-electron chi connectivity index (χ3n) is 3.33. The first-order valence-corrected chi connectivity index (χ1v) is 7.77. The van der Waals surface area contributed by atoms with Gasteiger partial charge in [-0.15, -0.1) is 0 Å². The maximum Gasteiger partial charge on any atom is 0.136 e. The summed E-state index contributed by atoms with van der Waals surface area (Å²) in [5, 5.41) is 4.17. The second-order valence-corrected chi connectivity index (χ2v) is 5.57. The monoisotopic (exact) mass is 303 g/mol. The molecular weight excluding hydrogens is 282 g/mol. The van der Waals surface area contributed by atoms with Gasteiger partial charge in [0.25, 0.3) is 0 Å². The highest BCUT2D eigenvalue weighted by Gasteiger charge is 2.14. The second-order valence-electron chi connectivity index (χ2n) is 5.13. The first-order valence-electron chi connectivity index (χ1n) is 7.39.